The molecule has 0 bridgehead atoms. The number of nitrogens with one attached hydrogen (secondary N) is 3. The number of benzene rings is 1. The zero-order valence-corrected chi connectivity index (χ0v) is 24.4. The van der Waals surface area contributed by atoms with Crippen LogP contribution < -0.4 is 16.0 Å². The Kier molecular flexibility index (Phi) is 11.1. The Bertz CT molecular complexity index is 1240. The van der Waals surface area contributed by atoms with E-state index < -0.39 is 69.4 Å². The summed E-state index contributed by atoms with van der Waals surface area (Å²) >= 11 is 17.2. The fourth-order valence-electron chi connectivity index (χ4n) is 3.80. The molecule has 13 nitrogen and oxygen atoms in total. The summed E-state index contributed by atoms with van der Waals surface area (Å²) in [4.78, 5) is 75.0. The molecule has 2 aliphatic rings. The van der Waals surface area contributed by atoms with Crippen LogP contribution in [0, 0.1) is 0 Å². The van der Waals surface area contributed by atoms with Gasteiger partial charge in [0.1, 0.15) is 29.8 Å². The van der Waals surface area contributed by atoms with E-state index in [1.54, 1.807) is 35.6 Å². The molecule has 1 aromatic carbocycles. The summed E-state index contributed by atoms with van der Waals surface area (Å²) in [6.45, 7) is 1.52. The Labute approximate surface area is 253 Å². The second-order valence-corrected chi connectivity index (χ2v) is 12.0. The number of amides is 5. The molecule has 2 aliphatic heterocycles. The molecule has 17 heteroatoms. The number of unbranched alkanes of at least 4 members (excludes halogenated alkanes) is 1. The van der Waals surface area contributed by atoms with E-state index in [9.17, 15) is 33.9 Å². The number of halogens is 3. The number of carbonyl (C=O) groups is 6. The summed E-state index contributed by atoms with van der Waals surface area (Å²) in [5, 5.41) is 15.8. The van der Waals surface area contributed by atoms with Gasteiger partial charge in [0.05, 0.1) is 6.61 Å². The lowest BCUT2D eigenvalue weighted by Crippen LogP contribution is -2.71. The molecule has 2 heterocycles. The molecule has 222 valence electrons. The number of alkyl halides is 3. The monoisotopic (exact) mass is 650 g/mol. The molecule has 1 fully saturated rings. The Morgan fingerprint density at radius 2 is 1.80 bits per heavy atom. The molecule has 4 N–H and O–H groups in total. The number of fused-ring (bicyclic) bond motifs is 1. The molecule has 2 unspecified atom stereocenters. The van der Waals surface area contributed by atoms with Gasteiger partial charge >= 0.3 is 18.2 Å². The highest BCUT2D eigenvalue weighted by Crippen LogP contribution is 2.40. The summed E-state index contributed by atoms with van der Waals surface area (Å²) in [7, 11) is 0. The number of nitrogens with zero attached hydrogens (tertiary/aromatic N) is 1. The number of hydrogen-bond donors (Lipinski definition) is 4. The van der Waals surface area contributed by atoms with Crippen LogP contribution in [0.25, 0.3) is 0 Å². The zero-order valence-electron chi connectivity index (χ0n) is 21.4. The Balaban J connectivity index is 1.69. The van der Waals surface area contributed by atoms with E-state index in [0.29, 0.717) is 12.0 Å². The molecule has 0 spiro atoms. The van der Waals surface area contributed by atoms with Crippen LogP contribution in [0.4, 0.5) is 9.59 Å². The number of aliphatic carboxylic acids is 1. The average molecular weight is 652 g/mol. The summed E-state index contributed by atoms with van der Waals surface area (Å²) in [5.74, 6) is -4.15. The number of rotatable bonds is 10. The maximum Gasteiger partial charge on any atom is 0.414 e. The Morgan fingerprint density at radius 3 is 2.41 bits per heavy atom. The van der Waals surface area contributed by atoms with E-state index in [4.69, 9.17) is 44.3 Å². The quantitative estimate of drug-likeness (QED) is 0.167. The van der Waals surface area contributed by atoms with Gasteiger partial charge in [-0.2, -0.15) is 0 Å². The number of imide groups is 1. The molecular formula is C24H25Cl3N4O9S. The fraction of sp³-hybridized carbons (Fsp3) is 0.417. The molecule has 0 aromatic heterocycles. The van der Waals surface area contributed by atoms with Crippen LogP contribution in [0.1, 0.15) is 31.4 Å². The maximum atomic E-state index is 13.2. The lowest BCUT2D eigenvalue weighted by molar-refractivity contribution is -0.151. The van der Waals surface area contributed by atoms with Crippen LogP contribution in [0.3, 0.4) is 0 Å². The second-order valence-electron chi connectivity index (χ2n) is 8.66. The van der Waals surface area contributed by atoms with Crippen molar-refractivity contribution in [1.29, 1.82) is 0 Å². The Hall–Kier alpha value is -3.20. The smallest absolute Gasteiger partial charge is 0.414 e. The number of alkyl carbamates (subject to hydrolysis) is 2. The van der Waals surface area contributed by atoms with E-state index in [1.165, 1.54) is 0 Å². The highest BCUT2D eigenvalue weighted by Gasteiger charge is 2.54. The molecule has 3 atom stereocenters. The molecule has 41 heavy (non-hydrogen) atoms. The van der Waals surface area contributed by atoms with Crippen molar-refractivity contribution in [2.45, 2.75) is 41.0 Å². The van der Waals surface area contributed by atoms with Gasteiger partial charge in [-0.05, 0) is 12.0 Å². The largest absolute Gasteiger partial charge is 0.477 e. The number of β-lactam (4-membered cyclic amide) rings is 1. The summed E-state index contributed by atoms with van der Waals surface area (Å²) in [6.07, 6.45) is -0.653. The number of carboxylic acids is 1. The minimum atomic E-state index is -2.42. The van der Waals surface area contributed by atoms with Crippen molar-refractivity contribution in [3.05, 3.63) is 47.2 Å². The van der Waals surface area contributed by atoms with Crippen molar-refractivity contribution in [2.75, 3.05) is 19.0 Å². The molecule has 1 aromatic rings. The van der Waals surface area contributed by atoms with Crippen LogP contribution in [0.15, 0.2) is 41.6 Å². The topological polar surface area (TPSA) is 180 Å². The molecular weight excluding hydrogens is 627 g/mol. The van der Waals surface area contributed by atoms with Crippen LogP contribution in [-0.2, 0) is 28.7 Å². The van der Waals surface area contributed by atoms with Crippen molar-refractivity contribution in [1.82, 2.24) is 20.9 Å². The lowest BCUT2D eigenvalue weighted by atomic mass is 10.0. The zero-order chi connectivity index (χ0) is 30.3. The summed E-state index contributed by atoms with van der Waals surface area (Å²) in [5.41, 5.74) is 0.0726. The molecule has 0 aliphatic carbocycles. The second kappa shape index (κ2) is 14.1. The lowest BCUT2D eigenvalue weighted by Gasteiger charge is -2.49. The minimum absolute atomic E-state index is 0.0122. The van der Waals surface area contributed by atoms with Crippen molar-refractivity contribution in [3.63, 3.8) is 0 Å². The highest BCUT2D eigenvalue weighted by molar-refractivity contribution is 8.00. The molecule has 1 saturated heterocycles. The van der Waals surface area contributed by atoms with Gasteiger partial charge in [0.15, 0.2) is 0 Å². The van der Waals surface area contributed by atoms with Gasteiger partial charge < -0.3 is 25.2 Å². The maximum absolute atomic E-state index is 13.2. The van der Waals surface area contributed by atoms with Crippen molar-refractivity contribution >= 4 is 82.4 Å². The first-order valence-corrected chi connectivity index (χ1v) is 14.3. The van der Waals surface area contributed by atoms with Crippen LogP contribution in [0.5, 0.6) is 0 Å². The average Bonchev–Trinajstić information content (AvgIpc) is 2.92. The van der Waals surface area contributed by atoms with Gasteiger partial charge in [-0.25, -0.2) is 14.4 Å². The third-order valence-corrected chi connectivity index (χ3v) is 7.64. The SMILES string of the molecule is CCCCOC(=O)NC(C(=O)NC1C(=O)N2C(C(=O)O)=C(COC(=O)NC(=O)C(Cl)(Cl)Cl)CS[C@H]12)c1ccccc1. The van der Waals surface area contributed by atoms with Crippen LogP contribution in [0.2, 0.25) is 0 Å². The third kappa shape index (κ3) is 8.18. The number of carboxylic acid groups (broad SMARTS) is 1. The van der Waals surface area contributed by atoms with Crippen molar-refractivity contribution in [3.8, 4) is 0 Å². The molecule has 3 rings (SSSR count). The normalized spacial score (nSPS) is 18.8. The molecule has 0 radical (unpaired) electrons. The first-order chi connectivity index (χ1) is 19.3. The predicted octanol–water partition coefficient (Wildman–Crippen LogP) is 2.62. The van der Waals surface area contributed by atoms with Gasteiger partial charge in [0, 0.05) is 11.3 Å². The van der Waals surface area contributed by atoms with Gasteiger partial charge in [0.2, 0.25) is 5.91 Å². The highest BCUT2D eigenvalue weighted by atomic mass is 35.6. The summed E-state index contributed by atoms with van der Waals surface area (Å²) < 4.78 is 7.56. The summed E-state index contributed by atoms with van der Waals surface area (Å²) in [6, 6.07) is 6.03. The number of carbonyl (C=O) groups excluding carboxylic acids is 5. The van der Waals surface area contributed by atoms with Gasteiger partial charge in [0.25, 0.3) is 15.6 Å². The van der Waals surface area contributed by atoms with E-state index in [0.717, 1.165) is 23.1 Å². The minimum Gasteiger partial charge on any atom is -0.477 e. The van der Waals surface area contributed by atoms with Gasteiger partial charge in [-0.1, -0.05) is 78.5 Å². The number of ether oxygens (including phenoxy) is 2. The van der Waals surface area contributed by atoms with Gasteiger partial charge in [-0.15, -0.1) is 11.8 Å². The first kappa shape index (κ1) is 32.3. The Morgan fingerprint density at radius 1 is 1.12 bits per heavy atom. The van der Waals surface area contributed by atoms with E-state index in [2.05, 4.69) is 10.6 Å². The van der Waals surface area contributed by atoms with Crippen LogP contribution >= 0.6 is 46.6 Å². The first-order valence-electron chi connectivity index (χ1n) is 12.1. The van der Waals surface area contributed by atoms with E-state index in [-0.39, 0.29) is 17.9 Å². The number of thioether (sulfide) groups is 1. The van der Waals surface area contributed by atoms with Crippen molar-refractivity contribution < 1.29 is 43.3 Å². The van der Waals surface area contributed by atoms with Crippen LogP contribution in [-0.4, -0.2) is 80.1 Å². The van der Waals surface area contributed by atoms with Crippen molar-refractivity contribution in [2.24, 2.45) is 0 Å². The number of hydrogen-bond acceptors (Lipinski definition) is 9. The standard InChI is InChI=1S/C24H25Cl3N4O9S/c1-2-3-9-39-22(37)29-14(12-7-5-4-6-8-12)17(32)28-15-18(33)31-16(20(34)35)13(11-41-19(15)31)10-40-23(38)30-21(36)24(25,26)27/h4-8,14-15,19H,2-3,9-11H2,1H3,(H,28,32)(H,29,37)(H,34,35)(H,30,36,38)/t14?,15?,19-/m1/s1. The molecule has 0 saturated carbocycles. The predicted molar refractivity (Wildman–Crippen MR) is 148 cm³/mol. The fourth-order valence-corrected chi connectivity index (χ4v) is 5.27. The van der Waals surface area contributed by atoms with E-state index >= 15 is 0 Å². The third-order valence-electron chi connectivity index (χ3n) is 5.79. The van der Waals surface area contributed by atoms with Gasteiger partial charge in [-0.3, -0.25) is 24.6 Å². The molecule has 5 amide bonds. The van der Waals surface area contributed by atoms with E-state index in [1.807, 2.05) is 6.92 Å².